The minimum atomic E-state index is -2.02. The molecule has 0 aromatic rings. The van der Waals surface area contributed by atoms with Crippen molar-refractivity contribution in [3.63, 3.8) is 0 Å². The Morgan fingerprint density at radius 1 is 1.27 bits per heavy atom. The van der Waals surface area contributed by atoms with Crippen LogP contribution in [0.25, 0.3) is 0 Å². The van der Waals surface area contributed by atoms with Gasteiger partial charge in [0.15, 0.2) is 5.60 Å². The van der Waals surface area contributed by atoms with Crippen LogP contribution in [0.3, 0.4) is 0 Å². The second-order valence-corrected chi connectivity index (χ2v) is 4.17. The van der Waals surface area contributed by atoms with E-state index in [1.54, 1.807) is 0 Å². The number of unbranched alkanes of at least 4 members (excludes halogenated alkanes) is 4. The molecule has 4 nitrogen and oxygen atoms in total. The van der Waals surface area contributed by atoms with Gasteiger partial charge in [0.25, 0.3) is 0 Å². The topological polar surface area (TPSA) is 77.8 Å². The van der Waals surface area contributed by atoms with Crippen LogP contribution in [-0.2, 0) is 4.79 Å². The third-order valence-electron chi connectivity index (χ3n) is 2.66. The van der Waals surface area contributed by atoms with E-state index in [1.165, 1.54) is 0 Å². The molecule has 0 aromatic heterocycles. The largest absolute Gasteiger partial charge is 0.479 e. The molecule has 0 aromatic carbocycles. The predicted molar refractivity (Wildman–Crippen MR) is 57.6 cm³/mol. The molecule has 0 amide bonds. The Morgan fingerprint density at radius 3 is 2.27 bits per heavy atom. The summed E-state index contributed by atoms with van der Waals surface area (Å²) in [5.74, 6) is -1.37. The Bertz CT molecular complexity index is 189. The lowest BCUT2D eigenvalue weighted by molar-refractivity contribution is -0.169. The van der Waals surface area contributed by atoms with Crippen LogP contribution in [0.15, 0.2) is 0 Å². The maximum Gasteiger partial charge on any atom is 0.338 e. The zero-order valence-corrected chi connectivity index (χ0v) is 9.57. The molecule has 90 valence electrons. The number of carboxylic acid groups (broad SMARTS) is 1. The first-order chi connectivity index (χ1) is 6.92. The fraction of sp³-hybridized carbons (Fsp3) is 0.909. The molecule has 2 atom stereocenters. The molecule has 0 saturated carbocycles. The maximum absolute atomic E-state index is 10.6. The van der Waals surface area contributed by atoms with E-state index in [0.29, 0.717) is 6.42 Å². The van der Waals surface area contributed by atoms with Gasteiger partial charge in [-0.2, -0.15) is 0 Å². The van der Waals surface area contributed by atoms with Gasteiger partial charge in [-0.1, -0.05) is 39.0 Å². The van der Waals surface area contributed by atoms with Gasteiger partial charge in [0.1, 0.15) is 0 Å². The van der Waals surface area contributed by atoms with Crippen molar-refractivity contribution in [2.45, 2.75) is 64.1 Å². The quantitative estimate of drug-likeness (QED) is 0.540. The van der Waals surface area contributed by atoms with E-state index in [0.717, 1.165) is 39.0 Å². The van der Waals surface area contributed by atoms with E-state index in [-0.39, 0.29) is 0 Å². The fourth-order valence-electron chi connectivity index (χ4n) is 1.36. The van der Waals surface area contributed by atoms with Crippen molar-refractivity contribution in [3.8, 4) is 0 Å². The normalized spacial score (nSPS) is 17.1. The van der Waals surface area contributed by atoms with E-state index in [9.17, 15) is 15.0 Å². The van der Waals surface area contributed by atoms with Gasteiger partial charge >= 0.3 is 5.97 Å². The molecule has 0 aliphatic rings. The van der Waals surface area contributed by atoms with Crippen molar-refractivity contribution in [2.24, 2.45) is 0 Å². The summed E-state index contributed by atoms with van der Waals surface area (Å²) in [7, 11) is 0. The summed E-state index contributed by atoms with van der Waals surface area (Å²) in [6.07, 6.45) is 4.28. The van der Waals surface area contributed by atoms with Crippen molar-refractivity contribution >= 4 is 5.97 Å². The number of hydrogen-bond acceptors (Lipinski definition) is 3. The van der Waals surface area contributed by atoms with E-state index in [2.05, 4.69) is 6.92 Å². The van der Waals surface area contributed by atoms with Gasteiger partial charge in [0.2, 0.25) is 0 Å². The SMILES string of the molecule is CCCCCCCC(O)C(C)(O)C(=O)O. The summed E-state index contributed by atoms with van der Waals surface area (Å²) < 4.78 is 0. The molecule has 0 spiro atoms. The van der Waals surface area contributed by atoms with E-state index >= 15 is 0 Å². The highest BCUT2D eigenvalue weighted by Gasteiger charge is 2.37. The molecular weight excluding hydrogens is 196 g/mol. The third kappa shape index (κ3) is 5.14. The third-order valence-corrected chi connectivity index (χ3v) is 2.66. The number of carbonyl (C=O) groups is 1. The van der Waals surface area contributed by atoms with Crippen LogP contribution in [0.4, 0.5) is 0 Å². The van der Waals surface area contributed by atoms with Crippen molar-refractivity contribution in [1.29, 1.82) is 0 Å². The minimum absolute atomic E-state index is 0.336. The van der Waals surface area contributed by atoms with Crippen LogP contribution in [-0.4, -0.2) is 33.0 Å². The molecule has 0 aliphatic carbocycles. The van der Waals surface area contributed by atoms with Gasteiger partial charge in [0, 0.05) is 0 Å². The lowest BCUT2D eigenvalue weighted by Crippen LogP contribution is -2.46. The number of aliphatic carboxylic acids is 1. The average Bonchev–Trinajstić information content (AvgIpc) is 2.16. The number of aliphatic hydroxyl groups excluding tert-OH is 1. The van der Waals surface area contributed by atoms with Gasteiger partial charge in [0.05, 0.1) is 6.10 Å². The average molecular weight is 218 g/mol. The van der Waals surface area contributed by atoms with Crippen molar-refractivity contribution < 1.29 is 20.1 Å². The maximum atomic E-state index is 10.6. The molecule has 2 unspecified atom stereocenters. The summed E-state index contributed by atoms with van der Waals surface area (Å²) >= 11 is 0. The molecule has 0 saturated heterocycles. The molecule has 0 bridgehead atoms. The first-order valence-corrected chi connectivity index (χ1v) is 5.56. The monoisotopic (exact) mass is 218 g/mol. The molecule has 0 heterocycles. The van der Waals surface area contributed by atoms with Gasteiger partial charge in [-0.25, -0.2) is 4.79 Å². The number of hydrogen-bond donors (Lipinski definition) is 3. The molecule has 0 radical (unpaired) electrons. The highest BCUT2D eigenvalue weighted by Crippen LogP contribution is 2.17. The van der Waals surface area contributed by atoms with E-state index in [4.69, 9.17) is 5.11 Å². The Labute approximate surface area is 90.9 Å². The van der Waals surface area contributed by atoms with Crippen molar-refractivity contribution in [1.82, 2.24) is 0 Å². The summed E-state index contributed by atoms with van der Waals surface area (Å²) in [5, 5.41) is 27.5. The Morgan fingerprint density at radius 2 is 1.80 bits per heavy atom. The van der Waals surface area contributed by atoms with Crippen LogP contribution < -0.4 is 0 Å². The highest BCUT2D eigenvalue weighted by atomic mass is 16.4. The lowest BCUT2D eigenvalue weighted by atomic mass is 9.94. The first-order valence-electron chi connectivity index (χ1n) is 5.56. The first kappa shape index (κ1) is 14.4. The minimum Gasteiger partial charge on any atom is -0.479 e. The molecule has 0 aliphatic heterocycles. The van der Waals surface area contributed by atoms with Gasteiger partial charge in [-0.3, -0.25) is 0 Å². The zero-order chi connectivity index (χ0) is 11.9. The molecule has 0 fully saturated rings. The summed E-state index contributed by atoms with van der Waals surface area (Å²) in [6.45, 7) is 3.25. The van der Waals surface area contributed by atoms with E-state index in [1.807, 2.05) is 0 Å². The van der Waals surface area contributed by atoms with E-state index < -0.39 is 17.7 Å². The number of carboxylic acids is 1. The van der Waals surface area contributed by atoms with Gasteiger partial charge in [-0.15, -0.1) is 0 Å². The Balaban J connectivity index is 3.73. The van der Waals surface area contributed by atoms with Crippen LogP contribution in [0.1, 0.15) is 52.4 Å². The van der Waals surface area contributed by atoms with Crippen LogP contribution >= 0.6 is 0 Å². The summed E-state index contributed by atoms with van der Waals surface area (Å²) in [4.78, 5) is 10.6. The molecule has 0 rings (SSSR count). The van der Waals surface area contributed by atoms with Crippen LogP contribution in [0, 0.1) is 0 Å². The fourth-order valence-corrected chi connectivity index (χ4v) is 1.36. The van der Waals surface area contributed by atoms with Crippen molar-refractivity contribution in [2.75, 3.05) is 0 Å². The highest BCUT2D eigenvalue weighted by molar-refractivity contribution is 5.77. The molecule has 3 N–H and O–H groups in total. The zero-order valence-electron chi connectivity index (χ0n) is 9.57. The number of aliphatic hydroxyl groups is 2. The van der Waals surface area contributed by atoms with Crippen molar-refractivity contribution in [3.05, 3.63) is 0 Å². The van der Waals surface area contributed by atoms with Crippen LogP contribution in [0.2, 0.25) is 0 Å². The number of rotatable bonds is 8. The lowest BCUT2D eigenvalue weighted by Gasteiger charge is -2.24. The van der Waals surface area contributed by atoms with Gasteiger partial charge < -0.3 is 15.3 Å². The second-order valence-electron chi connectivity index (χ2n) is 4.17. The Kier molecular flexibility index (Phi) is 6.52. The molecule has 15 heavy (non-hydrogen) atoms. The van der Waals surface area contributed by atoms with Gasteiger partial charge in [-0.05, 0) is 13.3 Å². The molecular formula is C11H22O4. The van der Waals surface area contributed by atoms with Crippen LogP contribution in [0.5, 0.6) is 0 Å². The predicted octanol–water partition coefficient (Wildman–Crippen LogP) is 1.54. The standard InChI is InChI=1S/C11H22O4/c1-3-4-5-6-7-8-9(12)11(2,15)10(13)14/h9,12,15H,3-8H2,1-2H3,(H,13,14). The summed E-state index contributed by atoms with van der Waals surface area (Å²) in [6, 6.07) is 0. The molecule has 4 heteroatoms. The smallest absolute Gasteiger partial charge is 0.338 e. The summed E-state index contributed by atoms with van der Waals surface area (Å²) in [5.41, 5.74) is -2.02. The Hall–Kier alpha value is -0.610. The second kappa shape index (κ2) is 6.80.